The molecule has 0 aromatic heterocycles. The third kappa shape index (κ3) is 1.23. The molecule has 0 aromatic carbocycles. The molecule has 1 fully saturated rings. The molecule has 0 unspecified atom stereocenters. The number of carbonyl (C=O) groups is 1. The zero-order chi connectivity index (χ0) is 8.48. The summed E-state index contributed by atoms with van der Waals surface area (Å²) >= 11 is 0. The van der Waals surface area contributed by atoms with Crippen LogP contribution in [0.15, 0.2) is 12.7 Å². The van der Waals surface area contributed by atoms with E-state index in [0.717, 1.165) is 13.1 Å². The predicted octanol–water partition coefficient (Wildman–Crippen LogP) is 0.987. The number of ketones is 1. The quantitative estimate of drug-likeness (QED) is 0.599. The minimum atomic E-state index is -0.207. The number of allylic oxidation sites excluding steroid dienone is 1. The first-order valence-corrected chi connectivity index (χ1v) is 3.99. The van der Waals surface area contributed by atoms with Crippen molar-refractivity contribution >= 4 is 5.78 Å². The van der Waals surface area contributed by atoms with Crippen LogP contribution in [0.3, 0.4) is 0 Å². The van der Waals surface area contributed by atoms with Gasteiger partial charge >= 0.3 is 0 Å². The van der Waals surface area contributed by atoms with Crippen LogP contribution in [-0.2, 0) is 4.79 Å². The van der Waals surface area contributed by atoms with E-state index in [9.17, 15) is 4.79 Å². The van der Waals surface area contributed by atoms with Gasteiger partial charge in [0.05, 0.1) is 0 Å². The first kappa shape index (κ1) is 8.47. The van der Waals surface area contributed by atoms with Gasteiger partial charge in [0.15, 0.2) is 5.78 Å². The fourth-order valence-electron chi connectivity index (χ4n) is 1.51. The van der Waals surface area contributed by atoms with Gasteiger partial charge in [0.2, 0.25) is 0 Å². The van der Waals surface area contributed by atoms with E-state index in [4.69, 9.17) is 0 Å². The topological polar surface area (TPSA) is 29.1 Å². The molecular weight excluding hydrogens is 138 g/mol. The van der Waals surface area contributed by atoms with E-state index in [1.165, 1.54) is 6.08 Å². The molecule has 2 atom stereocenters. The van der Waals surface area contributed by atoms with Gasteiger partial charge in [-0.2, -0.15) is 0 Å². The molecule has 2 heteroatoms. The number of hydrogen-bond donors (Lipinski definition) is 1. The van der Waals surface area contributed by atoms with Crippen LogP contribution in [-0.4, -0.2) is 18.9 Å². The maximum absolute atomic E-state index is 11.4. The standard InChI is InChI=1S/C9H15NO/c1-4-8(11)9(3)6-10-5-7(9)2/h4,7,10H,1,5-6H2,2-3H3/t7-,9-/m1/s1. The molecule has 0 spiro atoms. The van der Waals surface area contributed by atoms with Crippen molar-refractivity contribution in [3.05, 3.63) is 12.7 Å². The van der Waals surface area contributed by atoms with E-state index in [2.05, 4.69) is 18.8 Å². The highest BCUT2D eigenvalue weighted by Crippen LogP contribution is 2.31. The Kier molecular flexibility index (Phi) is 2.14. The molecule has 1 N–H and O–H groups in total. The average molecular weight is 153 g/mol. The van der Waals surface area contributed by atoms with Crippen LogP contribution >= 0.6 is 0 Å². The fourth-order valence-corrected chi connectivity index (χ4v) is 1.51. The zero-order valence-corrected chi connectivity index (χ0v) is 7.18. The molecule has 1 rings (SSSR count). The third-order valence-electron chi connectivity index (χ3n) is 2.78. The van der Waals surface area contributed by atoms with Crippen molar-refractivity contribution in [3.63, 3.8) is 0 Å². The Bertz CT molecular complexity index is 188. The van der Waals surface area contributed by atoms with Crippen LogP contribution in [0, 0.1) is 11.3 Å². The summed E-state index contributed by atoms with van der Waals surface area (Å²) in [5.41, 5.74) is -0.207. The predicted molar refractivity (Wildman–Crippen MR) is 45.3 cm³/mol. The summed E-state index contributed by atoms with van der Waals surface area (Å²) in [4.78, 5) is 11.4. The summed E-state index contributed by atoms with van der Waals surface area (Å²) in [7, 11) is 0. The molecule has 0 aliphatic carbocycles. The molecular formula is C9H15NO. The second-order valence-electron chi connectivity index (χ2n) is 3.52. The molecule has 1 aliphatic heterocycles. The Morgan fingerprint density at radius 1 is 1.82 bits per heavy atom. The minimum Gasteiger partial charge on any atom is -0.315 e. The number of hydrogen-bond acceptors (Lipinski definition) is 2. The molecule has 2 nitrogen and oxygen atoms in total. The molecule has 11 heavy (non-hydrogen) atoms. The third-order valence-corrected chi connectivity index (χ3v) is 2.78. The summed E-state index contributed by atoms with van der Waals surface area (Å²) in [5, 5.41) is 3.21. The van der Waals surface area contributed by atoms with Crippen LogP contribution in [0.5, 0.6) is 0 Å². The van der Waals surface area contributed by atoms with Gasteiger partial charge in [-0.3, -0.25) is 4.79 Å². The van der Waals surface area contributed by atoms with Gasteiger partial charge in [-0.05, 0) is 18.5 Å². The monoisotopic (exact) mass is 153 g/mol. The molecule has 1 heterocycles. The first-order chi connectivity index (χ1) is 5.11. The molecule has 62 valence electrons. The second-order valence-corrected chi connectivity index (χ2v) is 3.52. The van der Waals surface area contributed by atoms with E-state index in [-0.39, 0.29) is 11.2 Å². The van der Waals surface area contributed by atoms with Crippen LogP contribution in [0.25, 0.3) is 0 Å². The van der Waals surface area contributed by atoms with Crippen LogP contribution in [0.4, 0.5) is 0 Å². The van der Waals surface area contributed by atoms with Gasteiger partial charge < -0.3 is 5.32 Å². The fraction of sp³-hybridized carbons (Fsp3) is 0.667. The molecule has 0 radical (unpaired) electrons. The van der Waals surface area contributed by atoms with Crippen molar-refractivity contribution in [1.29, 1.82) is 0 Å². The molecule has 0 aromatic rings. The highest BCUT2D eigenvalue weighted by molar-refractivity contribution is 5.94. The van der Waals surface area contributed by atoms with Gasteiger partial charge in [0.25, 0.3) is 0 Å². The van der Waals surface area contributed by atoms with Gasteiger partial charge in [0.1, 0.15) is 0 Å². The van der Waals surface area contributed by atoms with Crippen molar-refractivity contribution in [1.82, 2.24) is 5.32 Å². The van der Waals surface area contributed by atoms with Crippen LogP contribution < -0.4 is 5.32 Å². The van der Waals surface area contributed by atoms with E-state index < -0.39 is 0 Å². The van der Waals surface area contributed by atoms with E-state index in [1.807, 2.05) is 6.92 Å². The smallest absolute Gasteiger partial charge is 0.162 e. The van der Waals surface area contributed by atoms with Crippen LogP contribution in [0.2, 0.25) is 0 Å². The Morgan fingerprint density at radius 2 is 2.45 bits per heavy atom. The molecule has 0 amide bonds. The number of carbonyl (C=O) groups excluding carboxylic acids is 1. The summed E-state index contributed by atoms with van der Waals surface area (Å²) in [6.45, 7) is 9.34. The molecule has 1 aliphatic rings. The Morgan fingerprint density at radius 3 is 2.82 bits per heavy atom. The molecule has 1 saturated heterocycles. The SMILES string of the molecule is C=CC(=O)[C@]1(C)CNC[C@H]1C. The van der Waals surface area contributed by atoms with E-state index >= 15 is 0 Å². The lowest BCUT2D eigenvalue weighted by molar-refractivity contribution is -0.123. The Hall–Kier alpha value is -0.630. The number of nitrogens with one attached hydrogen (secondary N) is 1. The second kappa shape index (κ2) is 2.78. The normalized spacial score (nSPS) is 37.1. The molecule has 0 saturated carbocycles. The summed E-state index contributed by atoms with van der Waals surface area (Å²) in [5.74, 6) is 0.586. The van der Waals surface area contributed by atoms with Crippen molar-refractivity contribution in [2.45, 2.75) is 13.8 Å². The van der Waals surface area contributed by atoms with Crippen LogP contribution in [0.1, 0.15) is 13.8 Å². The summed E-state index contributed by atoms with van der Waals surface area (Å²) in [6.07, 6.45) is 1.43. The largest absolute Gasteiger partial charge is 0.315 e. The van der Waals surface area contributed by atoms with Crippen molar-refractivity contribution < 1.29 is 4.79 Å². The van der Waals surface area contributed by atoms with E-state index in [1.54, 1.807) is 0 Å². The lowest BCUT2D eigenvalue weighted by atomic mass is 9.77. The van der Waals surface area contributed by atoms with Gasteiger partial charge in [-0.1, -0.05) is 20.4 Å². The number of rotatable bonds is 2. The lowest BCUT2D eigenvalue weighted by Crippen LogP contribution is -2.33. The summed E-state index contributed by atoms with van der Waals surface area (Å²) in [6, 6.07) is 0. The maximum Gasteiger partial charge on any atom is 0.162 e. The van der Waals surface area contributed by atoms with Gasteiger partial charge in [0, 0.05) is 12.0 Å². The van der Waals surface area contributed by atoms with Gasteiger partial charge in [-0.25, -0.2) is 0 Å². The zero-order valence-electron chi connectivity index (χ0n) is 7.18. The highest BCUT2D eigenvalue weighted by Gasteiger charge is 2.40. The summed E-state index contributed by atoms with van der Waals surface area (Å²) < 4.78 is 0. The van der Waals surface area contributed by atoms with Crippen molar-refractivity contribution in [2.24, 2.45) is 11.3 Å². The van der Waals surface area contributed by atoms with Crippen molar-refractivity contribution in [2.75, 3.05) is 13.1 Å². The maximum atomic E-state index is 11.4. The first-order valence-electron chi connectivity index (χ1n) is 3.99. The van der Waals surface area contributed by atoms with Gasteiger partial charge in [-0.15, -0.1) is 0 Å². The molecule has 0 bridgehead atoms. The Balaban J connectivity index is 2.80. The lowest BCUT2D eigenvalue weighted by Gasteiger charge is -2.24. The Labute approximate surface area is 67.7 Å². The van der Waals surface area contributed by atoms with E-state index in [0.29, 0.717) is 5.92 Å². The minimum absolute atomic E-state index is 0.162. The highest BCUT2D eigenvalue weighted by atomic mass is 16.1. The van der Waals surface area contributed by atoms with Crippen molar-refractivity contribution in [3.8, 4) is 0 Å². The average Bonchev–Trinajstić information content (AvgIpc) is 2.32.